The van der Waals surface area contributed by atoms with Crippen LogP contribution in [-0.2, 0) is 6.54 Å². The molecular formula is C24H30N6O. The maximum atomic E-state index is 9.56. The van der Waals surface area contributed by atoms with Crippen LogP contribution in [0.5, 0.6) is 5.75 Å². The van der Waals surface area contributed by atoms with Gasteiger partial charge in [0.25, 0.3) is 0 Å². The molecule has 0 radical (unpaired) electrons. The molecule has 1 aromatic heterocycles. The minimum Gasteiger partial charge on any atom is -0.496 e. The smallest absolute Gasteiger partial charge is 0.224 e. The Kier molecular flexibility index (Phi) is 5.19. The first-order valence-electron chi connectivity index (χ1n) is 11.2. The van der Waals surface area contributed by atoms with Gasteiger partial charge < -0.3 is 21.1 Å². The van der Waals surface area contributed by atoms with Crippen molar-refractivity contribution in [2.45, 2.75) is 44.7 Å². The molecule has 2 aromatic rings. The van der Waals surface area contributed by atoms with Crippen molar-refractivity contribution in [3.05, 3.63) is 41.6 Å². The van der Waals surface area contributed by atoms with Gasteiger partial charge in [-0.15, -0.1) is 0 Å². The molecule has 1 unspecified atom stereocenters. The van der Waals surface area contributed by atoms with Crippen LogP contribution in [0, 0.1) is 34.5 Å². The van der Waals surface area contributed by atoms with Crippen molar-refractivity contribution in [1.29, 1.82) is 5.26 Å². The molecule has 0 spiro atoms. The van der Waals surface area contributed by atoms with Crippen LogP contribution in [0.1, 0.15) is 43.2 Å². The molecule has 4 saturated carbocycles. The molecule has 31 heavy (non-hydrogen) atoms. The van der Waals surface area contributed by atoms with E-state index in [-0.39, 0.29) is 5.41 Å². The second kappa shape index (κ2) is 8.01. The van der Waals surface area contributed by atoms with Crippen molar-refractivity contribution in [2.24, 2.45) is 28.9 Å². The van der Waals surface area contributed by atoms with Gasteiger partial charge in [-0.25, -0.2) is 4.98 Å². The van der Waals surface area contributed by atoms with E-state index in [4.69, 9.17) is 10.5 Å². The number of nitrogens with two attached hydrogens (primary N) is 1. The summed E-state index contributed by atoms with van der Waals surface area (Å²) < 4.78 is 5.41. The van der Waals surface area contributed by atoms with Gasteiger partial charge in [-0.1, -0.05) is 18.2 Å². The summed E-state index contributed by atoms with van der Waals surface area (Å²) in [6, 6.07) is 10.5. The standard InChI is InChI=1S/C24H30N6O/c1-31-20-5-3-2-4-16(20)12-27-23-28-13-19(11-25)22(30-23)29-14-24-8-15-6-17(9-24)21(26)18(7-15)10-24/h2-5,13,15,17-18,21H,6-10,12,14,26H2,1H3,(H2,27,28,29,30)/t15?,17-,18+,21-,24+. The summed E-state index contributed by atoms with van der Waals surface area (Å²) in [6.07, 6.45) is 7.85. The summed E-state index contributed by atoms with van der Waals surface area (Å²) in [7, 11) is 1.66. The van der Waals surface area contributed by atoms with Crippen LogP contribution in [-0.4, -0.2) is 29.7 Å². The number of benzene rings is 1. The Balaban J connectivity index is 1.29. The number of methoxy groups -OCH3 is 1. The summed E-state index contributed by atoms with van der Waals surface area (Å²) >= 11 is 0. The van der Waals surface area contributed by atoms with Crippen molar-refractivity contribution in [3.8, 4) is 11.8 Å². The van der Waals surface area contributed by atoms with E-state index in [9.17, 15) is 5.26 Å². The molecule has 6 rings (SSSR count). The van der Waals surface area contributed by atoms with E-state index in [2.05, 4.69) is 26.7 Å². The first kappa shape index (κ1) is 20.1. The summed E-state index contributed by atoms with van der Waals surface area (Å²) in [6.45, 7) is 1.39. The molecule has 7 nitrogen and oxygen atoms in total. The van der Waals surface area contributed by atoms with Crippen LogP contribution in [0.15, 0.2) is 30.5 Å². The molecule has 5 atom stereocenters. The van der Waals surface area contributed by atoms with E-state index in [1.165, 1.54) is 32.1 Å². The van der Waals surface area contributed by atoms with E-state index in [1.807, 2.05) is 24.3 Å². The van der Waals surface area contributed by atoms with Crippen molar-refractivity contribution < 1.29 is 4.74 Å². The molecule has 7 heteroatoms. The fourth-order valence-electron chi connectivity index (χ4n) is 6.43. The zero-order valence-corrected chi connectivity index (χ0v) is 18.0. The van der Waals surface area contributed by atoms with Gasteiger partial charge in [-0.2, -0.15) is 10.2 Å². The maximum Gasteiger partial charge on any atom is 0.224 e. The van der Waals surface area contributed by atoms with Crippen LogP contribution in [0.2, 0.25) is 0 Å². The number of hydrogen-bond donors (Lipinski definition) is 3. The first-order chi connectivity index (χ1) is 15.1. The number of nitrogens with one attached hydrogen (secondary N) is 2. The van der Waals surface area contributed by atoms with Crippen LogP contribution in [0.3, 0.4) is 0 Å². The van der Waals surface area contributed by atoms with Gasteiger partial charge in [0, 0.05) is 24.7 Å². The third-order valence-electron chi connectivity index (χ3n) is 7.64. The van der Waals surface area contributed by atoms with Crippen molar-refractivity contribution in [2.75, 3.05) is 24.3 Å². The average molecular weight is 419 g/mol. The summed E-state index contributed by atoms with van der Waals surface area (Å²) in [4.78, 5) is 8.95. The van der Waals surface area contributed by atoms with Crippen LogP contribution >= 0.6 is 0 Å². The lowest BCUT2D eigenvalue weighted by Crippen LogP contribution is -2.58. The number of nitrogens with zero attached hydrogens (tertiary/aromatic N) is 3. The SMILES string of the molecule is COc1ccccc1CNc1ncc(C#N)c(NC[C@@]23CC4C[C@H](C2)[C@@H](N)[C@@H](C4)C3)n1. The van der Waals surface area contributed by atoms with Gasteiger partial charge in [0.1, 0.15) is 23.2 Å². The Morgan fingerprint density at radius 1 is 1.19 bits per heavy atom. The molecule has 4 bridgehead atoms. The number of anilines is 2. The Bertz CT molecular complexity index is 986. The number of rotatable bonds is 7. The van der Waals surface area contributed by atoms with Gasteiger partial charge in [0.05, 0.1) is 13.3 Å². The third-order valence-corrected chi connectivity index (χ3v) is 7.64. The van der Waals surface area contributed by atoms with Gasteiger partial charge in [0.15, 0.2) is 0 Å². The quantitative estimate of drug-likeness (QED) is 0.631. The molecule has 4 N–H and O–H groups in total. The topological polar surface area (TPSA) is 109 Å². The van der Waals surface area contributed by atoms with Crippen molar-refractivity contribution in [3.63, 3.8) is 0 Å². The molecule has 0 amide bonds. The third kappa shape index (κ3) is 3.81. The zero-order chi connectivity index (χ0) is 21.4. The van der Waals surface area contributed by atoms with E-state index < -0.39 is 0 Å². The summed E-state index contributed by atoms with van der Waals surface area (Å²) in [5.74, 6) is 4.07. The number of hydrogen-bond acceptors (Lipinski definition) is 7. The number of para-hydroxylation sites is 1. The van der Waals surface area contributed by atoms with Crippen molar-refractivity contribution >= 4 is 11.8 Å². The van der Waals surface area contributed by atoms with E-state index in [0.29, 0.717) is 41.8 Å². The first-order valence-corrected chi connectivity index (χ1v) is 11.2. The maximum absolute atomic E-state index is 9.56. The van der Waals surface area contributed by atoms with E-state index >= 15 is 0 Å². The van der Waals surface area contributed by atoms with Crippen LogP contribution in [0.4, 0.5) is 11.8 Å². The summed E-state index contributed by atoms with van der Waals surface area (Å²) in [5.41, 5.74) is 8.29. The van der Waals surface area contributed by atoms with E-state index in [1.54, 1.807) is 13.3 Å². The Hall–Kier alpha value is -2.85. The minimum atomic E-state index is 0.287. The fourth-order valence-corrected chi connectivity index (χ4v) is 6.43. The molecule has 4 fully saturated rings. The number of nitriles is 1. The van der Waals surface area contributed by atoms with Gasteiger partial charge in [-0.05, 0) is 61.3 Å². The largest absolute Gasteiger partial charge is 0.496 e. The predicted molar refractivity (Wildman–Crippen MR) is 120 cm³/mol. The Morgan fingerprint density at radius 2 is 1.97 bits per heavy atom. The predicted octanol–water partition coefficient (Wildman–Crippen LogP) is 3.53. The average Bonchev–Trinajstić information content (AvgIpc) is 2.79. The molecule has 162 valence electrons. The second-order valence-electron chi connectivity index (χ2n) is 9.63. The van der Waals surface area contributed by atoms with Crippen LogP contribution < -0.4 is 21.1 Å². The highest BCUT2D eigenvalue weighted by molar-refractivity contribution is 5.53. The second-order valence-corrected chi connectivity index (χ2v) is 9.63. The molecule has 1 aromatic carbocycles. The lowest BCUT2D eigenvalue weighted by molar-refractivity contribution is -0.0591. The van der Waals surface area contributed by atoms with E-state index in [0.717, 1.165) is 23.8 Å². The highest BCUT2D eigenvalue weighted by Gasteiger charge is 2.54. The van der Waals surface area contributed by atoms with Crippen molar-refractivity contribution in [1.82, 2.24) is 9.97 Å². The molecule has 4 aliphatic carbocycles. The highest BCUT2D eigenvalue weighted by Crippen LogP contribution is 2.59. The summed E-state index contributed by atoms with van der Waals surface area (Å²) in [5, 5.41) is 16.3. The minimum absolute atomic E-state index is 0.287. The number of ether oxygens (including phenoxy) is 1. The van der Waals surface area contributed by atoms with Gasteiger partial charge >= 0.3 is 0 Å². The fraction of sp³-hybridized carbons (Fsp3) is 0.542. The monoisotopic (exact) mass is 418 g/mol. The van der Waals surface area contributed by atoms with Crippen LogP contribution in [0.25, 0.3) is 0 Å². The lowest BCUT2D eigenvalue weighted by atomic mass is 9.48. The highest BCUT2D eigenvalue weighted by atomic mass is 16.5. The lowest BCUT2D eigenvalue weighted by Gasteiger charge is -2.59. The molecular weight excluding hydrogens is 388 g/mol. The van der Waals surface area contributed by atoms with Gasteiger partial charge in [0.2, 0.25) is 5.95 Å². The molecule has 4 aliphatic rings. The molecule has 1 heterocycles. The Morgan fingerprint density at radius 3 is 2.71 bits per heavy atom. The van der Waals surface area contributed by atoms with Gasteiger partial charge in [-0.3, -0.25) is 0 Å². The number of aromatic nitrogens is 2. The Labute approximate surface area is 183 Å². The normalized spacial score (nSPS) is 30.6. The molecule has 0 aliphatic heterocycles. The molecule has 0 saturated heterocycles. The zero-order valence-electron chi connectivity index (χ0n) is 18.0.